The maximum Gasteiger partial charge on any atom is 0.333 e. The summed E-state index contributed by atoms with van der Waals surface area (Å²) in [5.74, 6) is -1.70. The zero-order valence-electron chi connectivity index (χ0n) is 11.0. The number of aliphatic carboxylic acids is 1. The van der Waals surface area contributed by atoms with Crippen LogP contribution < -0.4 is 0 Å². The number of carbonyl (C=O) groups is 2. The van der Waals surface area contributed by atoms with Crippen LogP contribution in [-0.4, -0.2) is 54.3 Å². The fraction of sp³-hybridized carbons (Fsp3) is 0.636. The van der Waals surface area contributed by atoms with Gasteiger partial charge >= 0.3 is 11.9 Å². The maximum atomic E-state index is 11.8. The Hall–Kier alpha value is -1.17. The largest absolute Gasteiger partial charge is 0.481 e. The molecule has 0 fully saturated rings. The molecule has 0 heterocycles. The molecule has 2 unspecified atom stereocenters. The standard InChI is InChI=1S/C11H19O7P/c1-8(2)11(15)17-6-9(12)7-18-19(3,16)5-4-10(13)14/h9,12H,1,4-7H2,2-3H3,(H,13,14). The van der Waals surface area contributed by atoms with E-state index in [4.69, 9.17) is 9.63 Å². The lowest BCUT2D eigenvalue weighted by Gasteiger charge is -2.16. The molecule has 2 atom stereocenters. The van der Waals surface area contributed by atoms with Crippen molar-refractivity contribution in [1.82, 2.24) is 0 Å². The third-order valence-electron chi connectivity index (χ3n) is 2.03. The van der Waals surface area contributed by atoms with Gasteiger partial charge in [-0.25, -0.2) is 4.79 Å². The van der Waals surface area contributed by atoms with Crippen LogP contribution in [0.3, 0.4) is 0 Å². The highest BCUT2D eigenvalue weighted by molar-refractivity contribution is 7.58. The molecule has 110 valence electrons. The monoisotopic (exact) mass is 294 g/mol. The van der Waals surface area contributed by atoms with Crippen molar-refractivity contribution >= 4 is 19.3 Å². The average molecular weight is 294 g/mol. The number of esters is 1. The fourth-order valence-electron chi connectivity index (χ4n) is 0.950. The van der Waals surface area contributed by atoms with E-state index in [1.807, 2.05) is 0 Å². The Morgan fingerprint density at radius 3 is 2.42 bits per heavy atom. The van der Waals surface area contributed by atoms with Gasteiger partial charge in [-0.1, -0.05) is 6.58 Å². The number of hydrogen-bond donors (Lipinski definition) is 2. The smallest absolute Gasteiger partial charge is 0.333 e. The summed E-state index contributed by atoms with van der Waals surface area (Å²) in [5.41, 5.74) is 0.204. The van der Waals surface area contributed by atoms with Crippen LogP contribution in [0.4, 0.5) is 0 Å². The normalized spacial score (nSPS) is 15.3. The van der Waals surface area contributed by atoms with Crippen LogP contribution in [0.2, 0.25) is 0 Å². The van der Waals surface area contributed by atoms with Gasteiger partial charge in [0.05, 0.1) is 13.0 Å². The lowest BCUT2D eigenvalue weighted by atomic mass is 10.3. The number of hydrogen-bond acceptors (Lipinski definition) is 6. The maximum absolute atomic E-state index is 11.8. The average Bonchev–Trinajstić information content (AvgIpc) is 2.31. The van der Waals surface area contributed by atoms with Gasteiger partial charge in [-0.2, -0.15) is 0 Å². The van der Waals surface area contributed by atoms with Gasteiger partial charge < -0.3 is 19.5 Å². The van der Waals surface area contributed by atoms with Gasteiger partial charge in [-0.3, -0.25) is 9.36 Å². The quantitative estimate of drug-likeness (QED) is 0.368. The van der Waals surface area contributed by atoms with E-state index in [-0.39, 0.29) is 31.4 Å². The van der Waals surface area contributed by atoms with E-state index in [0.717, 1.165) is 0 Å². The predicted octanol–water partition coefficient (Wildman–Crippen LogP) is 0.866. The summed E-state index contributed by atoms with van der Waals surface area (Å²) in [4.78, 5) is 21.4. The topological polar surface area (TPSA) is 110 Å². The molecule has 0 radical (unpaired) electrons. The second-order valence-corrected chi connectivity index (χ2v) is 6.94. The summed E-state index contributed by atoms with van der Waals surface area (Å²) >= 11 is 0. The predicted molar refractivity (Wildman–Crippen MR) is 68.4 cm³/mol. The number of carbonyl (C=O) groups excluding carboxylic acids is 1. The van der Waals surface area contributed by atoms with Gasteiger partial charge in [0, 0.05) is 18.4 Å². The first-order valence-electron chi connectivity index (χ1n) is 5.57. The van der Waals surface area contributed by atoms with Gasteiger partial charge in [0.2, 0.25) is 7.37 Å². The Bertz CT molecular complexity index is 391. The van der Waals surface area contributed by atoms with Crippen LogP contribution in [0, 0.1) is 0 Å². The van der Waals surface area contributed by atoms with E-state index < -0.39 is 25.4 Å². The third-order valence-corrected chi connectivity index (χ3v) is 3.76. The Morgan fingerprint density at radius 1 is 1.37 bits per heavy atom. The molecule has 0 aromatic carbocycles. The Morgan fingerprint density at radius 2 is 1.95 bits per heavy atom. The molecular formula is C11H19O7P. The molecule has 0 aromatic heterocycles. The van der Waals surface area contributed by atoms with Crippen molar-refractivity contribution in [3.05, 3.63) is 12.2 Å². The minimum absolute atomic E-state index is 0.111. The van der Waals surface area contributed by atoms with Gasteiger partial charge in [0.15, 0.2) is 0 Å². The summed E-state index contributed by atoms with van der Waals surface area (Å²) in [6.45, 7) is 5.54. The van der Waals surface area contributed by atoms with Crippen molar-refractivity contribution < 1.29 is 33.6 Å². The fourth-order valence-corrected chi connectivity index (χ4v) is 2.16. The molecule has 0 spiro atoms. The lowest BCUT2D eigenvalue weighted by molar-refractivity contribution is -0.142. The van der Waals surface area contributed by atoms with Crippen molar-refractivity contribution in [2.24, 2.45) is 0 Å². The number of aliphatic hydroxyl groups is 1. The molecule has 0 aliphatic rings. The highest BCUT2D eigenvalue weighted by Crippen LogP contribution is 2.42. The van der Waals surface area contributed by atoms with Crippen LogP contribution >= 0.6 is 7.37 Å². The van der Waals surface area contributed by atoms with Gasteiger partial charge in [0.1, 0.15) is 12.7 Å². The summed E-state index contributed by atoms with van der Waals surface area (Å²) in [7, 11) is -3.07. The zero-order valence-corrected chi connectivity index (χ0v) is 11.9. The van der Waals surface area contributed by atoms with E-state index in [1.165, 1.54) is 13.6 Å². The van der Waals surface area contributed by atoms with E-state index >= 15 is 0 Å². The molecule has 2 N–H and O–H groups in total. The molecule has 7 nitrogen and oxygen atoms in total. The van der Waals surface area contributed by atoms with Gasteiger partial charge in [0.25, 0.3) is 0 Å². The Kier molecular flexibility index (Phi) is 7.59. The van der Waals surface area contributed by atoms with Gasteiger partial charge in [-0.15, -0.1) is 0 Å². The molecule has 0 saturated heterocycles. The second kappa shape index (κ2) is 8.09. The highest BCUT2D eigenvalue weighted by atomic mass is 31.2. The van der Waals surface area contributed by atoms with Crippen molar-refractivity contribution in [2.45, 2.75) is 19.4 Å². The number of carboxylic acids is 1. The molecular weight excluding hydrogens is 275 g/mol. The van der Waals surface area contributed by atoms with E-state index in [0.29, 0.717) is 0 Å². The zero-order chi connectivity index (χ0) is 15.1. The van der Waals surface area contributed by atoms with Crippen LogP contribution in [-0.2, 0) is 23.4 Å². The van der Waals surface area contributed by atoms with E-state index in [9.17, 15) is 19.3 Å². The van der Waals surface area contributed by atoms with Crippen molar-refractivity contribution in [2.75, 3.05) is 26.0 Å². The molecule has 0 aromatic rings. The molecule has 0 bridgehead atoms. The van der Waals surface area contributed by atoms with Crippen LogP contribution in [0.15, 0.2) is 12.2 Å². The van der Waals surface area contributed by atoms with Crippen molar-refractivity contribution in [3.63, 3.8) is 0 Å². The highest BCUT2D eigenvalue weighted by Gasteiger charge is 2.20. The van der Waals surface area contributed by atoms with Crippen LogP contribution in [0.5, 0.6) is 0 Å². The number of aliphatic hydroxyl groups excluding tert-OH is 1. The van der Waals surface area contributed by atoms with Gasteiger partial charge in [-0.05, 0) is 6.92 Å². The van der Waals surface area contributed by atoms with Crippen molar-refractivity contribution in [3.8, 4) is 0 Å². The lowest BCUT2D eigenvalue weighted by Crippen LogP contribution is -2.23. The molecule has 0 saturated carbocycles. The van der Waals surface area contributed by atoms with Crippen LogP contribution in [0.1, 0.15) is 13.3 Å². The summed E-state index contributed by atoms with van der Waals surface area (Å²) in [6.07, 6.45) is -1.50. The first-order valence-corrected chi connectivity index (χ1v) is 7.83. The molecule has 0 amide bonds. The Labute approximate surface area is 111 Å². The SMILES string of the molecule is C=C(C)C(=O)OCC(O)COP(C)(=O)CCC(=O)O. The first-order chi connectivity index (χ1) is 8.64. The molecule has 0 rings (SSSR count). The van der Waals surface area contributed by atoms with Crippen molar-refractivity contribution in [1.29, 1.82) is 0 Å². The number of ether oxygens (including phenoxy) is 1. The summed E-state index contributed by atoms with van der Waals surface area (Å²) in [6, 6.07) is 0. The third kappa shape index (κ3) is 9.41. The molecule has 0 aliphatic carbocycles. The summed E-state index contributed by atoms with van der Waals surface area (Å²) in [5, 5.41) is 17.9. The van der Waals surface area contributed by atoms with Crippen LogP contribution in [0.25, 0.3) is 0 Å². The molecule has 8 heteroatoms. The molecule has 0 aliphatic heterocycles. The number of rotatable bonds is 9. The summed E-state index contributed by atoms with van der Waals surface area (Å²) < 4.78 is 21.4. The number of carboxylic acid groups (broad SMARTS) is 1. The Balaban J connectivity index is 3.98. The van der Waals surface area contributed by atoms with E-state index in [1.54, 1.807) is 0 Å². The second-order valence-electron chi connectivity index (χ2n) is 4.21. The minimum atomic E-state index is -3.07. The minimum Gasteiger partial charge on any atom is -0.481 e. The van der Waals surface area contributed by atoms with E-state index in [2.05, 4.69) is 11.3 Å². The first kappa shape index (κ1) is 17.8. The molecule has 19 heavy (non-hydrogen) atoms.